The normalized spacial score (nSPS) is 10.0. The van der Waals surface area contributed by atoms with Crippen LogP contribution in [0.15, 0.2) is 24.3 Å². The van der Waals surface area contributed by atoms with E-state index in [-0.39, 0.29) is 16.4 Å². The van der Waals surface area contributed by atoms with Crippen LogP contribution < -0.4 is 4.74 Å². The number of phenols is 1. The molecule has 1 aromatic heterocycles. The van der Waals surface area contributed by atoms with Crippen LogP contribution in [-0.2, 0) is 0 Å². The molecule has 2 aromatic rings. The zero-order chi connectivity index (χ0) is 13.1. The van der Waals surface area contributed by atoms with E-state index in [0.717, 1.165) is 0 Å². The van der Waals surface area contributed by atoms with Gasteiger partial charge in [0.25, 0.3) is 0 Å². The molecule has 0 fully saturated rings. The maximum absolute atomic E-state index is 11.7. The Hall–Kier alpha value is -2.48. The third-order valence-corrected chi connectivity index (χ3v) is 2.63. The van der Waals surface area contributed by atoms with E-state index < -0.39 is 17.6 Å². The SMILES string of the molecule is O=C(O)c1nnsc1C(=O)Oc1ccc(O)cc1. The van der Waals surface area contributed by atoms with Crippen LogP contribution in [0.25, 0.3) is 0 Å². The van der Waals surface area contributed by atoms with E-state index in [0.29, 0.717) is 11.5 Å². The average molecular weight is 266 g/mol. The molecule has 1 aromatic carbocycles. The molecule has 0 aliphatic rings. The highest BCUT2D eigenvalue weighted by molar-refractivity contribution is 7.08. The predicted octanol–water partition coefficient (Wildman–Crippen LogP) is 1.16. The number of aromatic carboxylic acids is 1. The highest BCUT2D eigenvalue weighted by atomic mass is 32.1. The minimum Gasteiger partial charge on any atom is -0.508 e. The van der Waals surface area contributed by atoms with Crippen molar-refractivity contribution in [3.8, 4) is 11.5 Å². The molecule has 0 unspecified atom stereocenters. The van der Waals surface area contributed by atoms with E-state index in [4.69, 9.17) is 14.9 Å². The number of hydrogen-bond acceptors (Lipinski definition) is 7. The molecule has 0 spiro atoms. The number of aromatic nitrogens is 2. The summed E-state index contributed by atoms with van der Waals surface area (Å²) in [7, 11) is 0. The summed E-state index contributed by atoms with van der Waals surface area (Å²) >= 11 is 0.643. The number of nitrogens with zero attached hydrogens (tertiary/aromatic N) is 2. The lowest BCUT2D eigenvalue weighted by Crippen LogP contribution is -2.12. The quantitative estimate of drug-likeness (QED) is 0.633. The Labute approximate surface area is 104 Å². The van der Waals surface area contributed by atoms with Crippen molar-refractivity contribution >= 4 is 23.5 Å². The minimum absolute atomic E-state index is 0.0282. The monoisotopic (exact) mass is 266 g/mol. The number of carboxylic acid groups (broad SMARTS) is 1. The molecule has 7 nitrogen and oxygen atoms in total. The van der Waals surface area contributed by atoms with Gasteiger partial charge in [-0.15, -0.1) is 5.10 Å². The van der Waals surface area contributed by atoms with Crippen LogP contribution in [0.4, 0.5) is 0 Å². The Morgan fingerprint density at radius 3 is 2.50 bits per heavy atom. The van der Waals surface area contributed by atoms with Crippen molar-refractivity contribution in [2.75, 3.05) is 0 Å². The first kappa shape index (κ1) is 12.0. The number of phenolic OH excluding ortho intramolecular Hbond substituents is 1. The molecule has 0 saturated carbocycles. The maximum Gasteiger partial charge on any atom is 0.358 e. The summed E-state index contributed by atoms with van der Waals surface area (Å²) in [6.45, 7) is 0. The van der Waals surface area contributed by atoms with Gasteiger partial charge in [0.05, 0.1) is 0 Å². The first-order valence-electron chi connectivity index (χ1n) is 4.65. The van der Waals surface area contributed by atoms with Crippen molar-refractivity contribution in [3.05, 3.63) is 34.8 Å². The van der Waals surface area contributed by atoms with Crippen molar-refractivity contribution in [3.63, 3.8) is 0 Å². The fraction of sp³-hybridized carbons (Fsp3) is 0. The molecule has 2 N–H and O–H groups in total. The van der Waals surface area contributed by atoms with E-state index in [2.05, 4.69) is 9.59 Å². The molecule has 2 rings (SSSR count). The van der Waals surface area contributed by atoms with Crippen LogP contribution in [0.1, 0.15) is 20.2 Å². The Kier molecular flexibility index (Phi) is 3.20. The first-order chi connectivity index (χ1) is 8.58. The molecule has 0 radical (unpaired) electrons. The van der Waals surface area contributed by atoms with Crippen LogP contribution in [0.5, 0.6) is 11.5 Å². The van der Waals surface area contributed by atoms with Gasteiger partial charge in [-0.3, -0.25) is 0 Å². The standard InChI is InChI=1S/C10H6N2O5S/c13-5-1-3-6(4-2-5)17-10(16)8-7(9(14)15)11-12-18-8/h1-4,13H,(H,14,15). The summed E-state index contributed by atoms with van der Waals surface area (Å²) in [6, 6.07) is 5.43. The summed E-state index contributed by atoms with van der Waals surface area (Å²) in [5.41, 5.74) is -0.441. The Balaban J connectivity index is 2.19. The molecule has 1 heterocycles. The number of carbonyl (C=O) groups excluding carboxylic acids is 1. The van der Waals surface area contributed by atoms with Crippen molar-refractivity contribution in [2.45, 2.75) is 0 Å². The fourth-order valence-electron chi connectivity index (χ4n) is 1.13. The van der Waals surface area contributed by atoms with Gasteiger partial charge in [0.15, 0.2) is 10.6 Å². The molecule has 92 valence electrons. The topological polar surface area (TPSA) is 110 Å². The fourth-order valence-corrected chi connectivity index (χ4v) is 1.67. The average Bonchev–Trinajstić information content (AvgIpc) is 2.81. The molecule has 0 bridgehead atoms. The molecule has 18 heavy (non-hydrogen) atoms. The number of rotatable bonds is 3. The molecule has 0 aliphatic carbocycles. The highest BCUT2D eigenvalue weighted by Gasteiger charge is 2.23. The second-order valence-corrected chi connectivity index (χ2v) is 3.89. The zero-order valence-electron chi connectivity index (χ0n) is 8.73. The van der Waals surface area contributed by atoms with Gasteiger partial charge in [-0.05, 0) is 35.8 Å². The number of carbonyl (C=O) groups is 2. The zero-order valence-corrected chi connectivity index (χ0v) is 9.55. The lowest BCUT2D eigenvalue weighted by molar-refractivity contribution is 0.0665. The summed E-state index contributed by atoms with van der Waals surface area (Å²) in [6.07, 6.45) is 0. The summed E-state index contributed by atoms with van der Waals surface area (Å²) in [4.78, 5) is 22.2. The number of esters is 1. The lowest BCUT2D eigenvalue weighted by Gasteiger charge is -2.02. The molecule has 8 heteroatoms. The van der Waals surface area contributed by atoms with Gasteiger partial charge >= 0.3 is 11.9 Å². The van der Waals surface area contributed by atoms with Crippen LogP contribution in [0.3, 0.4) is 0 Å². The molecule has 0 aliphatic heterocycles. The van der Waals surface area contributed by atoms with Gasteiger partial charge in [-0.1, -0.05) is 4.49 Å². The highest BCUT2D eigenvalue weighted by Crippen LogP contribution is 2.19. The Morgan fingerprint density at radius 2 is 1.89 bits per heavy atom. The predicted molar refractivity (Wildman–Crippen MR) is 59.9 cm³/mol. The number of ether oxygens (including phenoxy) is 1. The Morgan fingerprint density at radius 1 is 1.22 bits per heavy atom. The second kappa shape index (κ2) is 4.80. The van der Waals surface area contributed by atoms with Gasteiger partial charge in [0.2, 0.25) is 0 Å². The van der Waals surface area contributed by atoms with E-state index in [9.17, 15) is 9.59 Å². The minimum atomic E-state index is -1.35. The van der Waals surface area contributed by atoms with E-state index >= 15 is 0 Å². The Bertz CT molecular complexity index is 593. The molecular weight excluding hydrogens is 260 g/mol. The van der Waals surface area contributed by atoms with Gasteiger partial charge in [0, 0.05) is 0 Å². The summed E-state index contributed by atoms with van der Waals surface area (Å²) < 4.78 is 8.31. The van der Waals surface area contributed by atoms with Gasteiger partial charge in [-0.2, -0.15) is 0 Å². The number of benzene rings is 1. The molecule has 0 saturated heterocycles. The van der Waals surface area contributed by atoms with E-state index in [1.807, 2.05) is 0 Å². The number of aromatic hydroxyl groups is 1. The van der Waals surface area contributed by atoms with E-state index in [1.165, 1.54) is 24.3 Å². The van der Waals surface area contributed by atoms with Crippen LogP contribution in [-0.4, -0.2) is 31.7 Å². The van der Waals surface area contributed by atoms with Crippen molar-refractivity contribution in [2.24, 2.45) is 0 Å². The van der Waals surface area contributed by atoms with Gasteiger partial charge in [-0.25, -0.2) is 9.59 Å². The summed E-state index contributed by atoms with van der Waals surface area (Å²) in [5.74, 6) is -1.99. The van der Waals surface area contributed by atoms with Crippen LogP contribution in [0, 0.1) is 0 Å². The van der Waals surface area contributed by atoms with Gasteiger partial charge < -0.3 is 14.9 Å². The summed E-state index contributed by atoms with van der Waals surface area (Å²) in [5, 5.41) is 21.1. The largest absolute Gasteiger partial charge is 0.508 e. The lowest BCUT2D eigenvalue weighted by atomic mass is 10.3. The van der Waals surface area contributed by atoms with E-state index in [1.54, 1.807) is 0 Å². The van der Waals surface area contributed by atoms with Crippen molar-refractivity contribution < 1.29 is 24.5 Å². The third-order valence-electron chi connectivity index (χ3n) is 1.92. The second-order valence-electron chi connectivity index (χ2n) is 3.14. The van der Waals surface area contributed by atoms with Gasteiger partial charge in [0.1, 0.15) is 11.5 Å². The van der Waals surface area contributed by atoms with Crippen LogP contribution >= 0.6 is 11.5 Å². The van der Waals surface area contributed by atoms with Crippen LogP contribution in [0.2, 0.25) is 0 Å². The van der Waals surface area contributed by atoms with Crippen molar-refractivity contribution in [1.82, 2.24) is 9.59 Å². The maximum atomic E-state index is 11.7. The molecule has 0 amide bonds. The van der Waals surface area contributed by atoms with Crippen molar-refractivity contribution in [1.29, 1.82) is 0 Å². The number of carboxylic acids is 1. The first-order valence-corrected chi connectivity index (χ1v) is 5.42. The molecule has 0 atom stereocenters. The third kappa shape index (κ3) is 2.43. The number of hydrogen-bond donors (Lipinski definition) is 2. The smallest absolute Gasteiger partial charge is 0.358 e. The molecular formula is C10H6N2O5S.